The summed E-state index contributed by atoms with van der Waals surface area (Å²) in [4.78, 5) is 13.9. The lowest BCUT2D eigenvalue weighted by Gasteiger charge is -2.23. The highest BCUT2D eigenvalue weighted by atomic mass is 35.5. The summed E-state index contributed by atoms with van der Waals surface area (Å²) in [7, 11) is 1.80. The maximum absolute atomic E-state index is 12.2. The van der Waals surface area contributed by atoms with Crippen molar-refractivity contribution in [2.75, 3.05) is 7.05 Å². The Morgan fingerprint density at radius 3 is 2.80 bits per heavy atom. The summed E-state index contributed by atoms with van der Waals surface area (Å²) >= 11 is 5.93. The molecule has 4 heteroatoms. The lowest BCUT2D eigenvalue weighted by molar-refractivity contribution is -0.132. The third-order valence-electron chi connectivity index (χ3n) is 3.45. The first-order valence-electron chi connectivity index (χ1n) is 6.61. The van der Waals surface area contributed by atoms with Crippen LogP contribution in [0.1, 0.15) is 30.7 Å². The van der Waals surface area contributed by atoms with Crippen molar-refractivity contribution in [2.45, 2.75) is 25.8 Å². The number of amides is 1. The van der Waals surface area contributed by atoms with Gasteiger partial charge in [0.25, 0.3) is 0 Å². The minimum Gasteiger partial charge on any atom is -0.467 e. The van der Waals surface area contributed by atoms with Crippen molar-refractivity contribution in [3.8, 4) is 0 Å². The molecule has 20 heavy (non-hydrogen) atoms. The van der Waals surface area contributed by atoms with Gasteiger partial charge in [-0.3, -0.25) is 4.79 Å². The fourth-order valence-electron chi connectivity index (χ4n) is 2.06. The molecule has 1 unspecified atom stereocenters. The highest BCUT2D eigenvalue weighted by molar-refractivity contribution is 6.30. The van der Waals surface area contributed by atoms with E-state index in [0.29, 0.717) is 17.9 Å². The summed E-state index contributed by atoms with van der Waals surface area (Å²) in [5.41, 5.74) is 1.07. The monoisotopic (exact) mass is 291 g/mol. The predicted octanol–water partition coefficient (Wildman–Crippen LogP) is 4.09. The molecule has 0 spiro atoms. The number of hydrogen-bond donors (Lipinski definition) is 0. The first-order valence-corrected chi connectivity index (χ1v) is 6.99. The molecular weight excluding hydrogens is 274 g/mol. The Bertz CT molecular complexity index is 566. The largest absolute Gasteiger partial charge is 0.467 e. The fraction of sp³-hybridized carbons (Fsp3) is 0.312. The highest BCUT2D eigenvalue weighted by Gasteiger charge is 2.18. The molecule has 0 aliphatic rings. The van der Waals surface area contributed by atoms with Crippen LogP contribution in [0.4, 0.5) is 0 Å². The summed E-state index contributed by atoms with van der Waals surface area (Å²) in [5, 5.41) is 0.701. The maximum atomic E-state index is 12.2. The lowest BCUT2D eigenvalue weighted by atomic mass is 10.1. The quantitative estimate of drug-likeness (QED) is 0.831. The molecule has 3 nitrogen and oxygen atoms in total. The van der Waals surface area contributed by atoms with Crippen molar-refractivity contribution in [2.24, 2.45) is 0 Å². The van der Waals surface area contributed by atoms with Crippen LogP contribution in [-0.2, 0) is 11.2 Å². The van der Waals surface area contributed by atoms with Crippen LogP contribution in [0.3, 0.4) is 0 Å². The minimum absolute atomic E-state index is 0.0585. The van der Waals surface area contributed by atoms with Gasteiger partial charge >= 0.3 is 0 Å². The van der Waals surface area contributed by atoms with Gasteiger partial charge in [-0.1, -0.05) is 23.7 Å². The molecule has 1 aromatic heterocycles. The molecule has 1 heterocycles. The van der Waals surface area contributed by atoms with Crippen molar-refractivity contribution in [3.05, 3.63) is 59.0 Å². The second kappa shape index (κ2) is 6.62. The van der Waals surface area contributed by atoms with E-state index in [1.807, 2.05) is 43.3 Å². The Labute approximate surface area is 124 Å². The first kappa shape index (κ1) is 14.7. The SMILES string of the molecule is CC(c1ccco1)N(C)C(=O)CCc1cccc(Cl)c1. The Balaban J connectivity index is 1.91. The van der Waals surface area contributed by atoms with Gasteiger partial charge < -0.3 is 9.32 Å². The maximum Gasteiger partial charge on any atom is 0.223 e. The second-order valence-electron chi connectivity index (χ2n) is 4.83. The topological polar surface area (TPSA) is 33.5 Å². The molecule has 0 N–H and O–H groups in total. The Morgan fingerprint density at radius 2 is 2.15 bits per heavy atom. The average Bonchev–Trinajstić information content (AvgIpc) is 2.97. The average molecular weight is 292 g/mol. The number of aryl methyl sites for hydroxylation is 1. The summed E-state index contributed by atoms with van der Waals surface area (Å²) in [5.74, 6) is 0.887. The van der Waals surface area contributed by atoms with E-state index in [-0.39, 0.29) is 11.9 Å². The molecule has 1 atom stereocenters. The predicted molar refractivity (Wildman–Crippen MR) is 79.7 cm³/mol. The molecule has 1 amide bonds. The van der Waals surface area contributed by atoms with E-state index < -0.39 is 0 Å². The number of nitrogens with zero attached hydrogens (tertiary/aromatic N) is 1. The van der Waals surface area contributed by atoms with Gasteiger partial charge in [0, 0.05) is 18.5 Å². The van der Waals surface area contributed by atoms with E-state index in [1.165, 1.54) is 0 Å². The van der Waals surface area contributed by atoms with Gasteiger partial charge in [0.15, 0.2) is 0 Å². The van der Waals surface area contributed by atoms with Crippen LogP contribution in [0.25, 0.3) is 0 Å². The number of benzene rings is 1. The van der Waals surface area contributed by atoms with Gasteiger partial charge in [0.1, 0.15) is 5.76 Å². The van der Waals surface area contributed by atoms with Crippen molar-refractivity contribution in [3.63, 3.8) is 0 Å². The van der Waals surface area contributed by atoms with Gasteiger partial charge in [0.05, 0.1) is 12.3 Å². The zero-order chi connectivity index (χ0) is 14.5. The molecular formula is C16H18ClNO2. The zero-order valence-corrected chi connectivity index (χ0v) is 12.4. The molecule has 0 fully saturated rings. The molecule has 0 bridgehead atoms. The molecule has 106 valence electrons. The third kappa shape index (κ3) is 3.64. The van der Waals surface area contributed by atoms with E-state index in [4.69, 9.17) is 16.0 Å². The van der Waals surface area contributed by atoms with Gasteiger partial charge in [0.2, 0.25) is 5.91 Å². The van der Waals surface area contributed by atoms with Crippen LogP contribution >= 0.6 is 11.6 Å². The van der Waals surface area contributed by atoms with Gasteiger partial charge in [-0.25, -0.2) is 0 Å². The van der Waals surface area contributed by atoms with Crippen molar-refractivity contribution < 1.29 is 9.21 Å². The van der Waals surface area contributed by atoms with Crippen LogP contribution in [0.2, 0.25) is 5.02 Å². The molecule has 0 radical (unpaired) electrons. The van der Waals surface area contributed by atoms with E-state index in [0.717, 1.165) is 11.3 Å². The molecule has 0 aliphatic carbocycles. The van der Waals surface area contributed by atoms with Crippen molar-refractivity contribution in [1.82, 2.24) is 4.90 Å². The lowest BCUT2D eigenvalue weighted by Crippen LogP contribution is -2.29. The van der Waals surface area contributed by atoms with Gasteiger partial charge in [-0.15, -0.1) is 0 Å². The first-order chi connectivity index (χ1) is 9.58. The van der Waals surface area contributed by atoms with Crippen LogP contribution in [0.15, 0.2) is 47.1 Å². The van der Waals surface area contributed by atoms with E-state index in [1.54, 1.807) is 18.2 Å². The Hall–Kier alpha value is -1.74. The molecule has 2 rings (SSSR count). The third-order valence-corrected chi connectivity index (χ3v) is 3.68. The smallest absolute Gasteiger partial charge is 0.223 e. The summed E-state index contributed by atoms with van der Waals surface area (Å²) in [6.07, 6.45) is 2.77. The minimum atomic E-state index is -0.0585. The zero-order valence-electron chi connectivity index (χ0n) is 11.7. The molecule has 1 aromatic carbocycles. The van der Waals surface area contributed by atoms with Crippen LogP contribution < -0.4 is 0 Å². The van der Waals surface area contributed by atoms with Gasteiger partial charge in [-0.05, 0) is 43.2 Å². The van der Waals surface area contributed by atoms with Crippen LogP contribution in [-0.4, -0.2) is 17.9 Å². The Kier molecular flexibility index (Phi) is 4.85. The fourth-order valence-corrected chi connectivity index (χ4v) is 2.27. The molecule has 2 aromatic rings. The van der Waals surface area contributed by atoms with Crippen molar-refractivity contribution >= 4 is 17.5 Å². The Morgan fingerprint density at radius 1 is 1.35 bits per heavy atom. The second-order valence-corrected chi connectivity index (χ2v) is 5.26. The van der Waals surface area contributed by atoms with Crippen molar-refractivity contribution in [1.29, 1.82) is 0 Å². The number of hydrogen-bond acceptors (Lipinski definition) is 2. The normalized spacial score (nSPS) is 12.2. The number of furan rings is 1. The van der Waals surface area contributed by atoms with E-state index in [2.05, 4.69) is 0 Å². The van der Waals surface area contributed by atoms with E-state index in [9.17, 15) is 4.79 Å². The standard InChI is InChI=1S/C16H18ClNO2/c1-12(15-7-4-10-20-15)18(2)16(19)9-8-13-5-3-6-14(17)11-13/h3-7,10-12H,8-9H2,1-2H3. The van der Waals surface area contributed by atoms with Crippen LogP contribution in [0.5, 0.6) is 0 Å². The number of rotatable bonds is 5. The van der Waals surface area contributed by atoms with Crippen LogP contribution in [0, 0.1) is 0 Å². The highest BCUT2D eigenvalue weighted by Crippen LogP contribution is 2.20. The molecule has 0 aliphatic heterocycles. The summed E-state index contributed by atoms with van der Waals surface area (Å²) in [6, 6.07) is 11.3. The number of halogens is 1. The van der Waals surface area contributed by atoms with Gasteiger partial charge in [-0.2, -0.15) is 0 Å². The van der Waals surface area contributed by atoms with E-state index >= 15 is 0 Å². The summed E-state index contributed by atoms with van der Waals surface area (Å²) in [6.45, 7) is 1.95. The molecule has 0 saturated carbocycles. The number of carbonyl (C=O) groups is 1. The number of carbonyl (C=O) groups excluding carboxylic acids is 1. The molecule has 0 saturated heterocycles. The summed E-state index contributed by atoms with van der Waals surface area (Å²) < 4.78 is 5.33.